The molecule has 13 aromatic rings. The van der Waals surface area contributed by atoms with Crippen LogP contribution in [0.5, 0.6) is 0 Å². The fourth-order valence-corrected chi connectivity index (χ4v) is 11.6. The summed E-state index contributed by atoms with van der Waals surface area (Å²) in [6, 6.07) is 71.0. The first-order chi connectivity index (χ1) is 30.7. The summed E-state index contributed by atoms with van der Waals surface area (Å²) < 4.78 is 2.45. The smallest absolute Gasteiger partial charge is 0.124 e. The van der Waals surface area contributed by atoms with Crippen molar-refractivity contribution in [2.24, 2.45) is 0 Å². The number of hydrogen-bond acceptors (Lipinski definition) is 6. The number of thiophene rings is 2. The Hall–Kier alpha value is -7.64. The first kappa shape index (κ1) is 35.1. The summed E-state index contributed by atoms with van der Waals surface area (Å²) >= 11 is 3.50. The van der Waals surface area contributed by atoms with Crippen molar-refractivity contribution in [3.8, 4) is 0 Å². The Kier molecular flexibility index (Phi) is 7.92. The van der Waals surface area contributed by atoms with Crippen molar-refractivity contribution in [1.29, 1.82) is 0 Å². The van der Waals surface area contributed by atoms with Crippen molar-refractivity contribution in [2.45, 2.75) is 0 Å². The molecule has 0 radical (unpaired) electrons. The van der Waals surface area contributed by atoms with Crippen molar-refractivity contribution in [3.63, 3.8) is 0 Å². The minimum atomic E-state index is 1.06. The minimum absolute atomic E-state index is 1.06. The van der Waals surface area contributed by atoms with Crippen molar-refractivity contribution in [3.05, 3.63) is 207 Å². The number of aromatic nitrogens is 2. The molecule has 0 fully saturated rings. The highest BCUT2D eigenvalue weighted by atomic mass is 32.1. The monoisotopic (exact) mass is 826 g/mol. The van der Waals surface area contributed by atoms with Gasteiger partial charge in [0.2, 0.25) is 0 Å². The van der Waals surface area contributed by atoms with Crippen LogP contribution in [0.4, 0.5) is 34.1 Å². The molecule has 0 N–H and O–H groups in total. The van der Waals surface area contributed by atoms with E-state index in [0.29, 0.717) is 0 Å². The van der Waals surface area contributed by atoms with Crippen LogP contribution in [0.25, 0.3) is 83.7 Å². The summed E-state index contributed by atoms with van der Waals surface area (Å²) in [6.07, 6.45) is 3.76. The van der Waals surface area contributed by atoms with Gasteiger partial charge in [-0.05, 0) is 117 Å². The third-order valence-corrected chi connectivity index (χ3v) is 14.5. The Morgan fingerprint density at radius 3 is 1.18 bits per heavy atom. The zero-order valence-corrected chi connectivity index (χ0v) is 34.9. The van der Waals surface area contributed by atoms with Gasteiger partial charge in [-0.3, -0.25) is 0 Å². The van der Waals surface area contributed by atoms with E-state index < -0.39 is 0 Å². The maximum atomic E-state index is 4.69. The van der Waals surface area contributed by atoms with Crippen LogP contribution in [-0.2, 0) is 0 Å². The molecule has 0 saturated heterocycles. The molecule has 62 heavy (non-hydrogen) atoms. The van der Waals surface area contributed by atoms with Gasteiger partial charge in [-0.15, -0.1) is 22.7 Å². The summed E-state index contributed by atoms with van der Waals surface area (Å²) in [6.45, 7) is 0. The van der Waals surface area contributed by atoms with E-state index in [1.165, 1.54) is 74.0 Å². The molecule has 0 spiro atoms. The second-order valence-corrected chi connectivity index (χ2v) is 17.9. The van der Waals surface area contributed by atoms with Gasteiger partial charge >= 0.3 is 0 Å². The van der Waals surface area contributed by atoms with Gasteiger partial charge in [0.1, 0.15) is 9.66 Å². The van der Waals surface area contributed by atoms with E-state index in [2.05, 4.69) is 202 Å². The first-order valence-electron chi connectivity index (χ1n) is 20.8. The largest absolute Gasteiger partial charge is 0.310 e. The molecule has 0 bridgehead atoms. The number of anilines is 6. The van der Waals surface area contributed by atoms with E-state index in [0.717, 1.165) is 43.8 Å². The second kappa shape index (κ2) is 14.0. The van der Waals surface area contributed by atoms with Crippen LogP contribution < -0.4 is 9.80 Å². The lowest BCUT2D eigenvalue weighted by Gasteiger charge is -2.28. The van der Waals surface area contributed by atoms with Crippen molar-refractivity contribution in [1.82, 2.24) is 9.97 Å². The standard InChI is InChI=1S/C56H34N4S2/c1-3-13-45-35(9-1)11-5-17-51(45)59(41-23-27-47-49-15-7-29-57-55(49)61-53(47)33-41)39-21-25-43-37(31-39)19-20-38-32-40(22-26-44(38)43)60(52-18-6-12-36-10-2-4-14-46(36)52)42-24-28-48-50-16-8-30-58-56(50)62-54(48)34-42/h1-34H. The van der Waals surface area contributed by atoms with Gasteiger partial charge in [-0.2, -0.15) is 0 Å². The molecule has 9 aromatic carbocycles. The fourth-order valence-electron chi connectivity index (χ4n) is 9.46. The molecule has 0 unspecified atom stereocenters. The van der Waals surface area contributed by atoms with Gasteiger partial charge in [0, 0.05) is 76.9 Å². The lowest BCUT2D eigenvalue weighted by molar-refractivity contribution is 1.31. The summed E-state index contributed by atoms with van der Waals surface area (Å²) in [4.78, 5) is 16.3. The van der Waals surface area contributed by atoms with Crippen LogP contribution in [0.1, 0.15) is 0 Å². The van der Waals surface area contributed by atoms with Crippen molar-refractivity contribution >= 4 is 140 Å². The van der Waals surface area contributed by atoms with Gasteiger partial charge in [-0.25, -0.2) is 9.97 Å². The third kappa shape index (κ3) is 5.58. The predicted octanol–water partition coefficient (Wildman–Crippen LogP) is 16.8. The fraction of sp³-hybridized carbons (Fsp3) is 0. The lowest BCUT2D eigenvalue weighted by Crippen LogP contribution is -2.10. The SMILES string of the molecule is c1ccc2c(N(c3ccc4c(ccc5cc(N(c6ccc7c(c6)sc6ncccc67)c6cccc7ccccc67)ccc54)c3)c3ccc4c(c3)sc3ncccc34)cccc2c1. The summed E-state index contributed by atoms with van der Waals surface area (Å²) in [5, 5.41) is 14.5. The van der Waals surface area contributed by atoms with Gasteiger partial charge in [0.15, 0.2) is 0 Å². The molecular formula is C56H34N4S2. The molecule has 0 aliphatic heterocycles. The minimum Gasteiger partial charge on any atom is -0.310 e. The molecule has 0 aliphatic rings. The van der Waals surface area contributed by atoms with Crippen LogP contribution in [-0.4, -0.2) is 9.97 Å². The molecule has 0 aliphatic carbocycles. The summed E-state index contributed by atoms with van der Waals surface area (Å²) in [5.74, 6) is 0. The lowest BCUT2D eigenvalue weighted by atomic mass is 9.99. The van der Waals surface area contributed by atoms with Crippen LogP contribution in [0.15, 0.2) is 207 Å². The number of fused-ring (bicyclic) bond motifs is 11. The highest BCUT2D eigenvalue weighted by Gasteiger charge is 2.20. The van der Waals surface area contributed by atoms with E-state index >= 15 is 0 Å². The third-order valence-electron chi connectivity index (χ3n) is 12.3. The number of benzene rings is 9. The zero-order valence-electron chi connectivity index (χ0n) is 33.2. The number of pyridine rings is 2. The topological polar surface area (TPSA) is 32.3 Å². The van der Waals surface area contributed by atoms with E-state index in [4.69, 9.17) is 0 Å². The molecule has 0 amide bonds. The van der Waals surface area contributed by atoms with Crippen molar-refractivity contribution < 1.29 is 0 Å². The predicted molar refractivity (Wildman–Crippen MR) is 267 cm³/mol. The Labute approximate surface area is 364 Å². The average molecular weight is 827 g/mol. The summed E-state index contributed by atoms with van der Waals surface area (Å²) in [7, 11) is 0. The maximum absolute atomic E-state index is 4.69. The zero-order chi connectivity index (χ0) is 40.7. The highest BCUT2D eigenvalue weighted by molar-refractivity contribution is 7.25. The van der Waals surface area contributed by atoms with Gasteiger partial charge in [0.25, 0.3) is 0 Å². The Bertz CT molecular complexity index is 3660. The molecular weight excluding hydrogens is 793 g/mol. The Morgan fingerprint density at radius 2 is 0.694 bits per heavy atom. The molecule has 4 heterocycles. The van der Waals surface area contributed by atoms with E-state index in [-0.39, 0.29) is 0 Å². The van der Waals surface area contributed by atoms with E-state index in [1.807, 2.05) is 24.5 Å². The maximum Gasteiger partial charge on any atom is 0.124 e. The van der Waals surface area contributed by atoms with Gasteiger partial charge in [-0.1, -0.05) is 109 Å². The molecule has 290 valence electrons. The number of rotatable bonds is 6. The van der Waals surface area contributed by atoms with Crippen LogP contribution in [0, 0.1) is 0 Å². The molecule has 6 heteroatoms. The van der Waals surface area contributed by atoms with Crippen LogP contribution >= 0.6 is 22.7 Å². The molecule has 0 atom stereocenters. The molecule has 4 nitrogen and oxygen atoms in total. The van der Waals surface area contributed by atoms with Gasteiger partial charge < -0.3 is 9.80 Å². The van der Waals surface area contributed by atoms with E-state index in [9.17, 15) is 0 Å². The quantitative estimate of drug-likeness (QED) is 0.156. The van der Waals surface area contributed by atoms with Crippen LogP contribution in [0.2, 0.25) is 0 Å². The summed E-state index contributed by atoms with van der Waals surface area (Å²) in [5.41, 5.74) is 6.73. The highest BCUT2D eigenvalue weighted by Crippen LogP contribution is 2.46. The van der Waals surface area contributed by atoms with E-state index in [1.54, 1.807) is 22.7 Å². The van der Waals surface area contributed by atoms with Gasteiger partial charge in [0.05, 0.1) is 11.4 Å². The number of nitrogens with zero attached hydrogens (tertiary/aromatic N) is 4. The Morgan fingerprint density at radius 1 is 0.290 bits per heavy atom. The van der Waals surface area contributed by atoms with Crippen LogP contribution in [0.3, 0.4) is 0 Å². The normalized spacial score (nSPS) is 11.9. The molecule has 4 aromatic heterocycles. The molecule has 13 rings (SSSR count). The Balaban J connectivity index is 0.961. The van der Waals surface area contributed by atoms with Crippen molar-refractivity contribution in [2.75, 3.05) is 9.80 Å². The first-order valence-corrected chi connectivity index (χ1v) is 22.4. The molecule has 0 saturated carbocycles. The number of hydrogen-bond donors (Lipinski definition) is 0. The second-order valence-electron chi connectivity index (χ2n) is 15.8. The average Bonchev–Trinajstić information content (AvgIpc) is 3.89.